The van der Waals surface area contributed by atoms with Crippen molar-refractivity contribution >= 4 is 28.2 Å². The van der Waals surface area contributed by atoms with Crippen LogP contribution in [0.25, 0.3) is 10.8 Å². The van der Waals surface area contributed by atoms with Crippen molar-refractivity contribution in [2.75, 3.05) is 82.9 Å². The molecule has 2 fully saturated rings. The van der Waals surface area contributed by atoms with Crippen LogP contribution in [0.3, 0.4) is 0 Å². The molecule has 0 spiro atoms. The summed E-state index contributed by atoms with van der Waals surface area (Å²) in [6.45, 7) is 11.2. The molecule has 2 saturated heterocycles. The summed E-state index contributed by atoms with van der Waals surface area (Å²) in [5.41, 5.74) is 3.08. The van der Waals surface area contributed by atoms with Crippen molar-refractivity contribution in [2.45, 2.75) is 19.0 Å². The number of piperazine rings is 2. The molecule has 1 amide bonds. The number of anilines is 2. The molecule has 10 nitrogen and oxygen atoms in total. The molecule has 216 valence electrons. The van der Waals surface area contributed by atoms with Crippen LogP contribution in [0.5, 0.6) is 11.8 Å². The van der Waals surface area contributed by atoms with Crippen LogP contribution in [0, 0.1) is 0 Å². The maximum absolute atomic E-state index is 12.2. The molecule has 0 aliphatic carbocycles. The van der Waals surface area contributed by atoms with Crippen LogP contribution >= 0.6 is 0 Å². The van der Waals surface area contributed by atoms with Gasteiger partial charge in [0.05, 0.1) is 18.3 Å². The topological polar surface area (TPSA) is 88.5 Å². The van der Waals surface area contributed by atoms with E-state index in [-0.39, 0.29) is 17.7 Å². The van der Waals surface area contributed by atoms with Gasteiger partial charge in [-0.25, -0.2) is 0 Å². The molecule has 1 N–H and O–H groups in total. The third kappa shape index (κ3) is 5.67. The third-order valence-electron chi connectivity index (χ3n) is 8.64. The van der Waals surface area contributed by atoms with Gasteiger partial charge in [-0.2, -0.15) is 9.97 Å². The Morgan fingerprint density at radius 1 is 1.05 bits per heavy atom. The molecule has 4 heterocycles. The molecule has 0 bridgehead atoms. The van der Waals surface area contributed by atoms with Crippen molar-refractivity contribution in [2.24, 2.45) is 0 Å². The fourth-order valence-electron chi connectivity index (χ4n) is 6.18. The van der Waals surface area contributed by atoms with E-state index in [1.165, 1.54) is 6.08 Å². The molecular weight excluding hydrogens is 518 g/mol. The lowest BCUT2D eigenvalue weighted by molar-refractivity contribution is -0.126. The minimum Gasteiger partial charge on any atom is -0.508 e. The molecule has 0 saturated carbocycles. The van der Waals surface area contributed by atoms with E-state index in [0.717, 1.165) is 66.1 Å². The summed E-state index contributed by atoms with van der Waals surface area (Å²) in [5, 5.41) is 12.6. The third-order valence-corrected chi connectivity index (χ3v) is 8.64. The second-order valence-corrected chi connectivity index (χ2v) is 11.3. The number of nitrogens with zero attached hydrogens (tertiary/aromatic N) is 7. The molecule has 1 atom stereocenters. The van der Waals surface area contributed by atoms with Crippen molar-refractivity contribution in [1.29, 1.82) is 0 Å². The second-order valence-electron chi connectivity index (χ2n) is 11.3. The van der Waals surface area contributed by atoms with Gasteiger partial charge in [0.2, 0.25) is 5.91 Å². The van der Waals surface area contributed by atoms with Crippen molar-refractivity contribution in [3.8, 4) is 11.8 Å². The maximum atomic E-state index is 12.2. The van der Waals surface area contributed by atoms with Crippen molar-refractivity contribution in [1.82, 2.24) is 24.7 Å². The molecule has 10 heteroatoms. The van der Waals surface area contributed by atoms with Gasteiger partial charge in [-0.1, -0.05) is 30.8 Å². The van der Waals surface area contributed by atoms with Crippen LogP contribution in [0.4, 0.5) is 11.5 Å². The highest BCUT2D eigenvalue weighted by atomic mass is 16.5. The zero-order chi connectivity index (χ0) is 28.5. The number of hydrogen-bond donors (Lipinski definition) is 1. The number of aromatic nitrogens is 2. The van der Waals surface area contributed by atoms with Crippen LogP contribution in [0.2, 0.25) is 0 Å². The lowest BCUT2D eigenvalue weighted by Gasteiger charge is -2.38. The summed E-state index contributed by atoms with van der Waals surface area (Å²) in [5.74, 6) is 1.13. The van der Waals surface area contributed by atoms with Crippen LogP contribution in [-0.4, -0.2) is 115 Å². The fourth-order valence-corrected chi connectivity index (χ4v) is 6.18. The van der Waals surface area contributed by atoms with E-state index in [1.54, 1.807) is 6.07 Å². The highest BCUT2D eigenvalue weighted by Gasteiger charge is 2.30. The first-order valence-corrected chi connectivity index (χ1v) is 14.4. The van der Waals surface area contributed by atoms with Gasteiger partial charge in [-0.15, -0.1) is 0 Å². The minimum absolute atomic E-state index is 0.0334. The highest BCUT2D eigenvalue weighted by molar-refractivity contribution is 5.95. The van der Waals surface area contributed by atoms with E-state index in [9.17, 15) is 9.90 Å². The van der Waals surface area contributed by atoms with E-state index in [4.69, 9.17) is 14.7 Å². The van der Waals surface area contributed by atoms with Crippen LogP contribution in [-0.2, 0) is 17.8 Å². The van der Waals surface area contributed by atoms with Gasteiger partial charge in [-0.3, -0.25) is 9.69 Å². The summed E-state index contributed by atoms with van der Waals surface area (Å²) in [4.78, 5) is 33.2. The smallest absolute Gasteiger partial charge is 0.318 e. The number of ether oxygens (including phenoxy) is 1. The number of aromatic hydroxyl groups is 1. The number of phenols is 1. The van der Waals surface area contributed by atoms with Gasteiger partial charge in [0.15, 0.2) is 0 Å². The van der Waals surface area contributed by atoms with Crippen molar-refractivity contribution in [3.63, 3.8) is 0 Å². The van der Waals surface area contributed by atoms with E-state index in [1.807, 2.05) is 29.2 Å². The predicted molar refractivity (Wildman–Crippen MR) is 161 cm³/mol. The number of carbonyl (C=O) groups is 1. The van der Waals surface area contributed by atoms with Crippen LogP contribution < -0.4 is 14.5 Å². The van der Waals surface area contributed by atoms with E-state index in [0.29, 0.717) is 45.3 Å². The monoisotopic (exact) mass is 557 g/mol. The minimum atomic E-state index is -0.0334. The SMILES string of the molecule is C=CC(=O)N1CCN(c2nc(OCC3CN(C)CCN3C)nc3c2CCN(c2cc(O)cc4ccccc24)C3)CC1. The molecule has 2 aromatic carbocycles. The molecule has 1 unspecified atom stereocenters. The number of rotatable bonds is 6. The van der Waals surface area contributed by atoms with Gasteiger partial charge < -0.3 is 29.4 Å². The summed E-state index contributed by atoms with van der Waals surface area (Å²) >= 11 is 0. The average Bonchev–Trinajstić information content (AvgIpc) is 3.00. The first-order valence-electron chi connectivity index (χ1n) is 14.4. The van der Waals surface area contributed by atoms with E-state index >= 15 is 0 Å². The van der Waals surface area contributed by atoms with Crippen molar-refractivity contribution in [3.05, 3.63) is 60.3 Å². The summed E-state index contributed by atoms with van der Waals surface area (Å²) < 4.78 is 6.32. The predicted octanol–water partition coefficient (Wildman–Crippen LogP) is 2.36. The zero-order valence-electron chi connectivity index (χ0n) is 24.0. The first kappa shape index (κ1) is 27.3. The molecule has 3 aliphatic heterocycles. The Balaban J connectivity index is 1.30. The normalized spacial score (nSPS) is 20.2. The van der Waals surface area contributed by atoms with Gasteiger partial charge in [0, 0.05) is 75.1 Å². The standard InChI is InChI=1S/C31H39N7O3/c1-4-29(40)36-13-15-37(16-14-36)30-26-9-10-38(28-18-24(39)17-22-7-5-6-8-25(22)28)20-27(26)32-31(33-30)41-21-23-19-34(2)11-12-35(23)3/h4-8,17-18,23,39H,1,9-16,19-21H2,2-3H3. The van der Waals surface area contributed by atoms with Gasteiger partial charge >= 0.3 is 6.01 Å². The quantitative estimate of drug-likeness (QED) is 0.459. The Morgan fingerprint density at radius 2 is 1.85 bits per heavy atom. The van der Waals surface area contributed by atoms with Gasteiger partial charge in [0.25, 0.3) is 0 Å². The Labute approximate surface area is 241 Å². The molecule has 3 aliphatic rings. The largest absolute Gasteiger partial charge is 0.508 e. The van der Waals surface area contributed by atoms with Gasteiger partial charge in [-0.05, 0) is 38.0 Å². The summed E-state index contributed by atoms with van der Waals surface area (Å²) in [7, 11) is 4.28. The van der Waals surface area contributed by atoms with E-state index < -0.39 is 0 Å². The number of fused-ring (bicyclic) bond motifs is 2. The Hall–Kier alpha value is -3.89. The zero-order valence-corrected chi connectivity index (χ0v) is 24.0. The molecule has 3 aromatic rings. The average molecular weight is 558 g/mol. The summed E-state index contributed by atoms with van der Waals surface area (Å²) in [6.07, 6.45) is 2.16. The lowest BCUT2D eigenvalue weighted by atomic mass is 10.0. The highest BCUT2D eigenvalue weighted by Crippen LogP contribution is 2.36. The number of amides is 1. The molecule has 1 aromatic heterocycles. The Bertz CT molecular complexity index is 1440. The van der Waals surface area contributed by atoms with E-state index in [2.05, 4.69) is 46.3 Å². The lowest BCUT2D eigenvalue weighted by Crippen LogP contribution is -2.52. The Kier molecular flexibility index (Phi) is 7.68. The Morgan fingerprint density at radius 3 is 2.66 bits per heavy atom. The van der Waals surface area contributed by atoms with Gasteiger partial charge in [0.1, 0.15) is 18.2 Å². The molecule has 6 rings (SSSR count). The van der Waals surface area contributed by atoms with Crippen LogP contribution in [0.1, 0.15) is 11.3 Å². The molecule has 41 heavy (non-hydrogen) atoms. The maximum Gasteiger partial charge on any atom is 0.318 e. The van der Waals surface area contributed by atoms with Crippen molar-refractivity contribution < 1.29 is 14.6 Å². The summed E-state index contributed by atoms with van der Waals surface area (Å²) in [6, 6.07) is 12.5. The van der Waals surface area contributed by atoms with Crippen LogP contribution in [0.15, 0.2) is 49.1 Å². The number of hydrogen-bond acceptors (Lipinski definition) is 9. The number of carbonyl (C=O) groups excluding carboxylic acids is 1. The number of benzene rings is 2. The number of phenolic OH excluding ortho intramolecular Hbond substituents is 1. The number of likely N-dealkylation sites (N-methyl/N-ethyl adjacent to an activating group) is 2. The molecular formula is C31H39N7O3. The first-order chi connectivity index (χ1) is 19.9. The molecule has 0 radical (unpaired) electrons. The second kappa shape index (κ2) is 11.5. The fraction of sp³-hybridized carbons (Fsp3) is 0.452.